The van der Waals surface area contributed by atoms with Gasteiger partial charge in [0.05, 0.1) is 17.3 Å². The highest BCUT2D eigenvalue weighted by Gasteiger charge is 2.18. The van der Waals surface area contributed by atoms with Gasteiger partial charge in [-0.2, -0.15) is 5.10 Å². The second kappa shape index (κ2) is 5.66. The summed E-state index contributed by atoms with van der Waals surface area (Å²) in [5, 5.41) is 9.12. The van der Waals surface area contributed by atoms with Gasteiger partial charge in [0.1, 0.15) is 0 Å². The van der Waals surface area contributed by atoms with Crippen molar-refractivity contribution in [1.29, 1.82) is 0 Å². The molecule has 2 aromatic heterocycles. The highest BCUT2D eigenvalue weighted by Crippen LogP contribution is 2.26. The van der Waals surface area contributed by atoms with Crippen LogP contribution in [0.15, 0.2) is 42.7 Å². The molecule has 0 radical (unpaired) electrons. The lowest BCUT2D eigenvalue weighted by Crippen LogP contribution is -2.18. The molecule has 1 unspecified atom stereocenters. The Labute approximate surface area is 124 Å². The average molecular weight is 280 g/mol. The molecule has 3 rings (SSSR count). The molecule has 0 saturated heterocycles. The third-order valence-corrected chi connectivity index (χ3v) is 3.84. The lowest BCUT2D eigenvalue weighted by molar-refractivity contribution is 0.684. The van der Waals surface area contributed by atoms with E-state index in [9.17, 15) is 0 Å². The first kappa shape index (κ1) is 13.8. The number of hydrogen-bond donors (Lipinski definition) is 1. The van der Waals surface area contributed by atoms with E-state index in [0.717, 1.165) is 23.0 Å². The van der Waals surface area contributed by atoms with Crippen LogP contribution in [0.2, 0.25) is 0 Å². The molecule has 4 heteroatoms. The second-order valence-electron chi connectivity index (χ2n) is 5.24. The molecule has 2 heterocycles. The van der Waals surface area contributed by atoms with Gasteiger partial charge >= 0.3 is 0 Å². The maximum atomic E-state index is 4.55. The van der Waals surface area contributed by atoms with Crippen LogP contribution in [0.1, 0.15) is 29.8 Å². The summed E-state index contributed by atoms with van der Waals surface area (Å²) in [6, 6.07) is 10.6. The molecule has 1 aromatic carbocycles. The van der Waals surface area contributed by atoms with Crippen molar-refractivity contribution in [3.63, 3.8) is 0 Å². The molecule has 1 N–H and O–H groups in total. The Morgan fingerprint density at radius 2 is 2.14 bits per heavy atom. The lowest BCUT2D eigenvalue weighted by Gasteiger charge is -2.17. The molecule has 0 fully saturated rings. The Balaban J connectivity index is 2.08. The fourth-order valence-corrected chi connectivity index (χ4v) is 2.83. The van der Waals surface area contributed by atoms with Gasteiger partial charge in [-0.15, -0.1) is 0 Å². The van der Waals surface area contributed by atoms with Crippen LogP contribution in [0.5, 0.6) is 0 Å². The number of nitrogens with zero attached hydrogens (tertiary/aromatic N) is 3. The predicted molar refractivity (Wildman–Crippen MR) is 85.2 cm³/mol. The van der Waals surface area contributed by atoms with Crippen LogP contribution in [-0.2, 0) is 13.5 Å². The zero-order chi connectivity index (χ0) is 14.8. The van der Waals surface area contributed by atoms with Crippen LogP contribution in [0, 0.1) is 0 Å². The van der Waals surface area contributed by atoms with Crippen LogP contribution >= 0.6 is 0 Å². The monoisotopic (exact) mass is 280 g/mol. The van der Waals surface area contributed by atoms with Crippen molar-refractivity contribution in [1.82, 2.24) is 20.1 Å². The first-order valence-electron chi connectivity index (χ1n) is 7.27. The molecule has 0 spiro atoms. The molecule has 0 aliphatic carbocycles. The number of aryl methyl sites for hydroxylation is 2. The molecular formula is C17H20N4. The summed E-state index contributed by atoms with van der Waals surface area (Å²) in [5.74, 6) is 0. The van der Waals surface area contributed by atoms with Gasteiger partial charge in [-0.1, -0.05) is 25.1 Å². The van der Waals surface area contributed by atoms with E-state index in [2.05, 4.69) is 52.8 Å². The normalized spacial score (nSPS) is 12.7. The Morgan fingerprint density at radius 3 is 2.90 bits per heavy atom. The van der Waals surface area contributed by atoms with Crippen LogP contribution in [0.4, 0.5) is 0 Å². The number of pyridine rings is 1. The van der Waals surface area contributed by atoms with Gasteiger partial charge in [0.25, 0.3) is 0 Å². The van der Waals surface area contributed by atoms with Crippen LogP contribution in [0.25, 0.3) is 10.9 Å². The van der Waals surface area contributed by atoms with E-state index in [0.29, 0.717) is 0 Å². The Hall–Kier alpha value is -2.20. The van der Waals surface area contributed by atoms with Crippen molar-refractivity contribution in [3.8, 4) is 0 Å². The second-order valence-corrected chi connectivity index (χ2v) is 5.24. The molecule has 0 amide bonds. The Bertz CT molecular complexity index is 760. The van der Waals surface area contributed by atoms with Gasteiger partial charge in [0.15, 0.2) is 0 Å². The number of aromatic nitrogens is 3. The highest BCUT2D eigenvalue weighted by molar-refractivity contribution is 5.79. The maximum Gasteiger partial charge on any atom is 0.0705 e. The molecule has 21 heavy (non-hydrogen) atoms. The molecule has 108 valence electrons. The van der Waals surface area contributed by atoms with Gasteiger partial charge < -0.3 is 5.32 Å². The van der Waals surface area contributed by atoms with E-state index >= 15 is 0 Å². The fraction of sp³-hybridized carbons (Fsp3) is 0.294. The van der Waals surface area contributed by atoms with Crippen LogP contribution in [0.3, 0.4) is 0 Å². The Morgan fingerprint density at radius 1 is 1.29 bits per heavy atom. The number of nitrogens with one attached hydrogen (secondary N) is 1. The zero-order valence-corrected chi connectivity index (χ0v) is 12.7. The molecule has 1 atom stereocenters. The molecule has 4 nitrogen and oxygen atoms in total. The summed E-state index contributed by atoms with van der Waals surface area (Å²) < 4.78 is 1.89. The van der Waals surface area contributed by atoms with Crippen molar-refractivity contribution in [2.75, 3.05) is 7.05 Å². The summed E-state index contributed by atoms with van der Waals surface area (Å²) >= 11 is 0. The summed E-state index contributed by atoms with van der Waals surface area (Å²) in [7, 11) is 3.96. The molecular weight excluding hydrogens is 260 g/mol. The molecule has 0 bridgehead atoms. The van der Waals surface area contributed by atoms with E-state index in [-0.39, 0.29) is 6.04 Å². The molecule has 0 saturated carbocycles. The third-order valence-electron chi connectivity index (χ3n) is 3.84. The SMILES string of the molecule is CCc1nn(C)cc1C(NC)c1ccc2cccnc2c1. The first-order valence-corrected chi connectivity index (χ1v) is 7.27. The summed E-state index contributed by atoms with van der Waals surface area (Å²) in [4.78, 5) is 4.45. The third kappa shape index (κ3) is 2.54. The summed E-state index contributed by atoms with van der Waals surface area (Å²) in [5.41, 5.74) is 4.61. The largest absolute Gasteiger partial charge is 0.309 e. The topological polar surface area (TPSA) is 42.7 Å². The minimum atomic E-state index is 0.139. The van der Waals surface area contributed by atoms with E-state index in [1.807, 2.05) is 31.0 Å². The summed E-state index contributed by atoms with van der Waals surface area (Å²) in [6.45, 7) is 2.14. The van der Waals surface area contributed by atoms with Crippen molar-refractivity contribution in [3.05, 3.63) is 59.5 Å². The van der Waals surface area contributed by atoms with Crippen molar-refractivity contribution in [2.45, 2.75) is 19.4 Å². The van der Waals surface area contributed by atoms with Crippen molar-refractivity contribution >= 4 is 10.9 Å². The summed E-state index contributed by atoms with van der Waals surface area (Å²) in [6.07, 6.45) is 4.87. The minimum absolute atomic E-state index is 0.139. The van der Waals surface area contributed by atoms with Crippen LogP contribution < -0.4 is 5.32 Å². The van der Waals surface area contributed by atoms with Crippen LogP contribution in [-0.4, -0.2) is 21.8 Å². The van der Waals surface area contributed by atoms with E-state index < -0.39 is 0 Å². The first-order chi connectivity index (χ1) is 10.2. The van der Waals surface area contributed by atoms with Gasteiger partial charge in [0, 0.05) is 30.4 Å². The zero-order valence-electron chi connectivity index (χ0n) is 12.7. The predicted octanol–water partition coefficient (Wildman–Crippen LogP) is 2.84. The standard InChI is InChI=1S/C17H20N4/c1-4-15-14(11-21(3)20-15)17(18-2)13-8-7-12-6-5-9-19-16(12)10-13/h5-11,17-18H,4H2,1-3H3. The number of rotatable bonds is 4. The smallest absolute Gasteiger partial charge is 0.0705 e. The number of benzene rings is 1. The van der Waals surface area contributed by atoms with Gasteiger partial charge in [-0.05, 0) is 31.2 Å². The van der Waals surface area contributed by atoms with Gasteiger partial charge in [-0.25, -0.2) is 0 Å². The average Bonchev–Trinajstić information content (AvgIpc) is 2.89. The minimum Gasteiger partial charge on any atom is -0.309 e. The molecule has 0 aliphatic rings. The van der Waals surface area contributed by atoms with E-state index in [4.69, 9.17) is 0 Å². The van der Waals surface area contributed by atoms with Crippen molar-refractivity contribution in [2.24, 2.45) is 7.05 Å². The van der Waals surface area contributed by atoms with Gasteiger partial charge in [0.2, 0.25) is 0 Å². The Kier molecular flexibility index (Phi) is 3.71. The number of hydrogen-bond acceptors (Lipinski definition) is 3. The van der Waals surface area contributed by atoms with Crippen molar-refractivity contribution < 1.29 is 0 Å². The highest BCUT2D eigenvalue weighted by atomic mass is 15.3. The number of fused-ring (bicyclic) bond motifs is 1. The van der Waals surface area contributed by atoms with E-state index in [1.165, 1.54) is 11.1 Å². The van der Waals surface area contributed by atoms with Gasteiger partial charge in [-0.3, -0.25) is 9.67 Å². The maximum absolute atomic E-state index is 4.55. The molecule has 3 aromatic rings. The lowest BCUT2D eigenvalue weighted by atomic mass is 9.97. The molecule has 0 aliphatic heterocycles. The fourth-order valence-electron chi connectivity index (χ4n) is 2.83. The van der Waals surface area contributed by atoms with E-state index in [1.54, 1.807) is 0 Å². The quantitative estimate of drug-likeness (QED) is 0.799.